The molecule has 2 rings (SSSR count). The normalized spacial score (nSPS) is 10.9. The van der Waals surface area contributed by atoms with Gasteiger partial charge in [0.25, 0.3) is 0 Å². The fourth-order valence-electron chi connectivity index (χ4n) is 1.58. The van der Waals surface area contributed by atoms with Gasteiger partial charge in [0.05, 0.1) is 11.9 Å². The van der Waals surface area contributed by atoms with Gasteiger partial charge in [-0.15, -0.1) is 5.10 Å². The van der Waals surface area contributed by atoms with E-state index in [1.54, 1.807) is 0 Å². The quantitative estimate of drug-likeness (QED) is 0.669. The summed E-state index contributed by atoms with van der Waals surface area (Å²) in [7, 11) is 0. The highest BCUT2D eigenvalue weighted by Gasteiger charge is 2.15. The molecule has 4 nitrogen and oxygen atoms in total. The minimum absolute atomic E-state index is 0.173. The predicted molar refractivity (Wildman–Crippen MR) is 63.2 cm³/mol. The van der Waals surface area contributed by atoms with Crippen LogP contribution in [0.5, 0.6) is 0 Å². The molecule has 102 valence electrons. The number of aromatic nitrogens is 3. The van der Waals surface area contributed by atoms with Crippen LogP contribution in [0.15, 0.2) is 18.3 Å². The Bertz CT molecular complexity index is 568. The Hall–Kier alpha value is -1.89. The second-order valence-corrected chi connectivity index (χ2v) is 4.03. The molecule has 1 aromatic carbocycles. The van der Waals surface area contributed by atoms with E-state index < -0.39 is 17.5 Å². The van der Waals surface area contributed by atoms with Crippen molar-refractivity contribution in [1.82, 2.24) is 20.3 Å². The van der Waals surface area contributed by atoms with E-state index in [4.69, 9.17) is 0 Å². The van der Waals surface area contributed by atoms with Crippen LogP contribution >= 0.6 is 0 Å². The Kier molecular flexibility index (Phi) is 4.16. The molecule has 1 N–H and O–H groups in total. The first-order chi connectivity index (χ1) is 9.13. The molecule has 1 aromatic heterocycles. The highest BCUT2D eigenvalue weighted by atomic mass is 19.2. The molecule has 0 spiro atoms. The number of nitrogens with zero attached hydrogens (tertiary/aromatic N) is 3. The van der Waals surface area contributed by atoms with Crippen LogP contribution in [-0.2, 0) is 6.54 Å². The van der Waals surface area contributed by atoms with Crippen LogP contribution in [0, 0.1) is 17.5 Å². The van der Waals surface area contributed by atoms with Gasteiger partial charge < -0.3 is 5.32 Å². The van der Waals surface area contributed by atoms with Crippen LogP contribution in [0.2, 0.25) is 0 Å². The van der Waals surface area contributed by atoms with E-state index in [0.717, 1.165) is 29.8 Å². The third kappa shape index (κ3) is 2.93. The number of nitrogens with one attached hydrogen (secondary N) is 1. The van der Waals surface area contributed by atoms with Crippen LogP contribution in [0.25, 0.3) is 5.69 Å². The lowest BCUT2D eigenvalue weighted by atomic mass is 10.3. The number of hydrogen-bond donors (Lipinski definition) is 1. The standard InChI is InChI=1S/C12H13F3N4/c1-2-5-16-6-8-7-19(18-17-8)10-4-3-9(13)11(14)12(10)15/h3-4,7,16H,2,5-6H2,1H3. The fourth-order valence-corrected chi connectivity index (χ4v) is 1.58. The van der Waals surface area contributed by atoms with Gasteiger partial charge in [0.15, 0.2) is 17.5 Å². The molecule has 0 saturated carbocycles. The van der Waals surface area contributed by atoms with E-state index in [1.807, 2.05) is 6.92 Å². The molecule has 0 amide bonds. The predicted octanol–water partition coefficient (Wildman–Crippen LogP) is 2.18. The van der Waals surface area contributed by atoms with Crippen molar-refractivity contribution in [3.05, 3.63) is 41.5 Å². The van der Waals surface area contributed by atoms with Crippen molar-refractivity contribution in [3.63, 3.8) is 0 Å². The molecule has 1 heterocycles. The fraction of sp³-hybridized carbons (Fsp3) is 0.333. The van der Waals surface area contributed by atoms with Crippen LogP contribution < -0.4 is 5.32 Å². The summed E-state index contributed by atoms with van der Waals surface area (Å²) >= 11 is 0. The Labute approximate surface area is 108 Å². The summed E-state index contributed by atoms with van der Waals surface area (Å²) < 4.78 is 40.6. The van der Waals surface area contributed by atoms with Crippen molar-refractivity contribution < 1.29 is 13.2 Å². The van der Waals surface area contributed by atoms with E-state index in [-0.39, 0.29) is 5.69 Å². The average Bonchev–Trinajstić information content (AvgIpc) is 2.85. The molecule has 0 aliphatic rings. The smallest absolute Gasteiger partial charge is 0.196 e. The highest BCUT2D eigenvalue weighted by molar-refractivity contribution is 5.33. The molecule has 0 fully saturated rings. The summed E-state index contributed by atoms with van der Waals surface area (Å²) in [5.41, 5.74) is 0.422. The van der Waals surface area contributed by atoms with Gasteiger partial charge in [0.1, 0.15) is 5.69 Å². The number of benzene rings is 1. The molecule has 0 radical (unpaired) electrons. The zero-order chi connectivity index (χ0) is 13.8. The van der Waals surface area contributed by atoms with Gasteiger partial charge >= 0.3 is 0 Å². The Morgan fingerprint density at radius 1 is 1.21 bits per heavy atom. The molecule has 0 saturated heterocycles. The van der Waals surface area contributed by atoms with E-state index >= 15 is 0 Å². The maximum atomic E-state index is 13.5. The first-order valence-corrected chi connectivity index (χ1v) is 5.89. The third-order valence-electron chi connectivity index (χ3n) is 2.54. The summed E-state index contributed by atoms with van der Waals surface area (Å²) in [6.45, 7) is 3.34. The van der Waals surface area contributed by atoms with Gasteiger partial charge in [-0.25, -0.2) is 17.9 Å². The maximum Gasteiger partial charge on any atom is 0.196 e. The lowest BCUT2D eigenvalue weighted by molar-refractivity contribution is 0.442. The number of halogens is 3. The molecule has 2 aromatic rings. The number of rotatable bonds is 5. The Morgan fingerprint density at radius 2 is 2.00 bits per heavy atom. The molecular formula is C12H13F3N4. The molecule has 7 heteroatoms. The lowest BCUT2D eigenvalue weighted by Gasteiger charge is -2.03. The Morgan fingerprint density at radius 3 is 2.74 bits per heavy atom. The number of hydrogen-bond acceptors (Lipinski definition) is 3. The summed E-state index contributed by atoms with van der Waals surface area (Å²) in [5.74, 6) is -4.03. The van der Waals surface area contributed by atoms with Gasteiger partial charge in [-0.05, 0) is 25.1 Å². The average molecular weight is 270 g/mol. The van der Waals surface area contributed by atoms with E-state index in [2.05, 4.69) is 15.6 Å². The zero-order valence-electron chi connectivity index (χ0n) is 10.3. The summed E-state index contributed by atoms with van der Waals surface area (Å²) in [5, 5.41) is 10.6. The second kappa shape index (κ2) is 5.83. The first-order valence-electron chi connectivity index (χ1n) is 5.89. The van der Waals surface area contributed by atoms with E-state index in [9.17, 15) is 13.2 Å². The summed E-state index contributed by atoms with van der Waals surface area (Å²) in [4.78, 5) is 0. The highest BCUT2D eigenvalue weighted by Crippen LogP contribution is 2.18. The van der Waals surface area contributed by atoms with Gasteiger partial charge in [-0.1, -0.05) is 12.1 Å². The van der Waals surface area contributed by atoms with Crippen LogP contribution in [-0.4, -0.2) is 21.5 Å². The van der Waals surface area contributed by atoms with Crippen LogP contribution in [0.1, 0.15) is 19.0 Å². The second-order valence-electron chi connectivity index (χ2n) is 4.03. The van der Waals surface area contributed by atoms with Gasteiger partial charge in [-0.3, -0.25) is 0 Å². The van der Waals surface area contributed by atoms with Gasteiger partial charge in [-0.2, -0.15) is 0 Å². The molecule has 0 aliphatic carbocycles. The monoisotopic (exact) mass is 270 g/mol. The van der Waals surface area contributed by atoms with Crippen molar-refractivity contribution in [2.75, 3.05) is 6.54 Å². The van der Waals surface area contributed by atoms with E-state index in [1.165, 1.54) is 6.20 Å². The maximum absolute atomic E-state index is 13.5. The van der Waals surface area contributed by atoms with Crippen LogP contribution in [0.4, 0.5) is 13.2 Å². The van der Waals surface area contributed by atoms with Crippen LogP contribution in [0.3, 0.4) is 0 Å². The summed E-state index contributed by atoms with van der Waals surface area (Å²) in [6.07, 6.45) is 2.45. The van der Waals surface area contributed by atoms with Crippen molar-refractivity contribution in [3.8, 4) is 5.69 Å². The topological polar surface area (TPSA) is 42.7 Å². The SMILES string of the molecule is CCCNCc1cn(-c2ccc(F)c(F)c2F)nn1. The largest absolute Gasteiger partial charge is 0.311 e. The van der Waals surface area contributed by atoms with E-state index in [0.29, 0.717) is 12.2 Å². The molecule has 0 aliphatic heterocycles. The molecule has 0 unspecified atom stereocenters. The molecule has 0 bridgehead atoms. The lowest BCUT2D eigenvalue weighted by Crippen LogP contribution is -2.13. The minimum Gasteiger partial charge on any atom is -0.311 e. The van der Waals surface area contributed by atoms with Crippen molar-refractivity contribution in [2.45, 2.75) is 19.9 Å². The van der Waals surface area contributed by atoms with Crippen molar-refractivity contribution in [2.24, 2.45) is 0 Å². The first kappa shape index (κ1) is 13.5. The third-order valence-corrected chi connectivity index (χ3v) is 2.54. The minimum atomic E-state index is -1.52. The van der Waals surface area contributed by atoms with Gasteiger partial charge in [0.2, 0.25) is 0 Å². The van der Waals surface area contributed by atoms with Crippen molar-refractivity contribution in [1.29, 1.82) is 0 Å². The molecule has 19 heavy (non-hydrogen) atoms. The summed E-state index contributed by atoms with van der Waals surface area (Å²) in [6, 6.07) is 1.97. The Balaban J connectivity index is 2.21. The van der Waals surface area contributed by atoms with Gasteiger partial charge in [0, 0.05) is 6.54 Å². The van der Waals surface area contributed by atoms with Crippen molar-refractivity contribution >= 4 is 0 Å². The molecular weight excluding hydrogens is 257 g/mol. The molecule has 0 atom stereocenters. The zero-order valence-corrected chi connectivity index (χ0v) is 10.3.